The minimum atomic E-state index is 0. The van der Waals surface area contributed by atoms with E-state index in [2.05, 4.69) is 6.58 Å². The fourth-order valence-electron chi connectivity index (χ4n) is 0. The van der Waals surface area contributed by atoms with Crippen molar-refractivity contribution in [2.75, 3.05) is 0 Å². The van der Waals surface area contributed by atoms with Gasteiger partial charge >= 0.3 is 0 Å². The first kappa shape index (κ1) is 15.7. The zero-order valence-electron chi connectivity index (χ0n) is 3.19. The van der Waals surface area contributed by atoms with Crippen molar-refractivity contribution in [3.05, 3.63) is 12.7 Å². The first-order valence-corrected chi connectivity index (χ1v) is 0.901. The van der Waals surface area contributed by atoms with E-state index in [4.69, 9.17) is 4.79 Å². The van der Waals surface area contributed by atoms with Crippen LogP contribution in [0.15, 0.2) is 12.7 Å². The molecule has 0 saturated heterocycles. The van der Waals surface area contributed by atoms with Crippen LogP contribution in [0.4, 0.5) is 0 Å². The van der Waals surface area contributed by atoms with Crippen LogP contribution in [0.2, 0.25) is 0 Å². The molecule has 0 aromatic heterocycles. The summed E-state index contributed by atoms with van der Waals surface area (Å²) in [6.07, 6.45) is 2.51. The SMILES string of the molecule is C=C[C-]=O.[Zr].[Zr]. The molecule has 0 aliphatic rings. The third-order valence-corrected chi connectivity index (χ3v) is 0.0833. The average Bonchev–Trinajstić information content (AvgIpc) is 1.37. The van der Waals surface area contributed by atoms with Crippen molar-refractivity contribution in [2.45, 2.75) is 0 Å². The summed E-state index contributed by atoms with van der Waals surface area (Å²) in [6.45, 7) is 3.06. The second-order valence-corrected chi connectivity index (χ2v) is 0.322. The van der Waals surface area contributed by atoms with Crippen molar-refractivity contribution in [1.82, 2.24) is 0 Å². The Labute approximate surface area is 75.4 Å². The van der Waals surface area contributed by atoms with E-state index >= 15 is 0 Å². The molecule has 0 heterocycles. The molecule has 0 aromatic rings. The number of allylic oxidation sites excluding steroid dienone is 1. The fraction of sp³-hybridized carbons (Fsp3) is 0. The van der Waals surface area contributed by atoms with Gasteiger partial charge in [0.15, 0.2) is 0 Å². The fourth-order valence-corrected chi connectivity index (χ4v) is 0. The number of hydrogen-bond donors (Lipinski definition) is 0. The first-order chi connectivity index (χ1) is 1.91. The van der Waals surface area contributed by atoms with Gasteiger partial charge in [0.1, 0.15) is 0 Å². The largest absolute Gasteiger partial charge is 0.419 e. The van der Waals surface area contributed by atoms with Gasteiger partial charge in [0, 0.05) is 52.4 Å². The Bertz CT molecular complexity index is 29.8. The third kappa shape index (κ3) is 19.1. The standard InChI is InChI=1S/C3H3O.2Zr/c1-2-3-4;;/h2H,1H2;;/q-1;;. The Kier molecular flexibility index (Phi) is 42.9. The molecule has 0 rings (SSSR count). The number of carbonyl (C=O) groups excluding carboxylic acids is 1. The zero-order chi connectivity index (χ0) is 3.41. The van der Waals surface area contributed by atoms with Crippen molar-refractivity contribution in [1.29, 1.82) is 0 Å². The maximum Gasteiger partial charge on any atom is 0 e. The molecule has 0 aliphatic carbocycles. The summed E-state index contributed by atoms with van der Waals surface area (Å²) in [5.41, 5.74) is 0. The molecule has 0 atom stereocenters. The first-order valence-electron chi connectivity index (χ1n) is 0.901. The van der Waals surface area contributed by atoms with Gasteiger partial charge in [-0.3, -0.25) is 0 Å². The van der Waals surface area contributed by atoms with Gasteiger partial charge in [0.05, 0.1) is 0 Å². The molecule has 0 unspecified atom stereocenters. The van der Waals surface area contributed by atoms with E-state index in [-0.39, 0.29) is 52.4 Å². The summed E-state index contributed by atoms with van der Waals surface area (Å²) in [6, 6.07) is 0. The Morgan fingerprint density at radius 3 is 1.67 bits per heavy atom. The molecule has 6 heavy (non-hydrogen) atoms. The Hall–Kier alpha value is 1.18. The molecule has 0 saturated carbocycles. The van der Waals surface area contributed by atoms with E-state index in [1.807, 2.05) is 0 Å². The van der Waals surface area contributed by atoms with Crippen LogP contribution in [-0.4, -0.2) is 6.29 Å². The molecule has 0 N–H and O–H groups in total. The maximum absolute atomic E-state index is 8.93. The quantitative estimate of drug-likeness (QED) is 0.473. The van der Waals surface area contributed by atoms with Gasteiger partial charge in [-0.15, -0.1) is 0 Å². The minimum absolute atomic E-state index is 0. The van der Waals surface area contributed by atoms with Gasteiger partial charge in [-0.1, -0.05) is 0 Å². The van der Waals surface area contributed by atoms with E-state index in [1.54, 1.807) is 0 Å². The molecule has 0 fully saturated rings. The van der Waals surface area contributed by atoms with Gasteiger partial charge < -0.3 is 4.79 Å². The number of hydrogen-bond acceptors (Lipinski definition) is 1. The van der Waals surface area contributed by atoms with Crippen molar-refractivity contribution in [2.24, 2.45) is 0 Å². The molecular weight excluding hydrogens is 234 g/mol. The summed E-state index contributed by atoms with van der Waals surface area (Å²) in [5.74, 6) is 0. The van der Waals surface area contributed by atoms with E-state index in [0.29, 0.717) is 0 Å². The van der Waals surface area contributed by atoms with Crippen LogP contribution in [-0.2, 0) is 57.2 Å². The topological polar surface area (TPSA) is 17.1 Å². The van der Waals surface area contributed by atoms with E-state index in [0.717, 1.165) is 6.08 Å². The van der Waals surface area contributed by atoms with Crippen LogP contribution in [0.25, 0.3) is 0 Å². The van der Waals surface area contributed by atoms with Gasteiger partial charge in [-0.25, -0.2) is 12.7 Å². The summed E-state index contributed by atoms with van der Waals surface area (Å²) in [4.78, 5) is 8.93. The van der Waals surface area contributed by atoms with Crippen LogP contribution >= 0.6 is 0 Å². The van der Waals surface area contributed by atoms with Crippen molar-refractivity contribution in [3.8, 4) is 0 Å². The average molecular weight is 238 g/mol. The molecule has 0 aromatic carbocycles. The molecular formula is C3H3OZr2-. The summed E-state index contributed by atoms with van der Waals surface area (Å²) in [7, 11) is 0. The Balaban J connectivity index is -0.0000000450. The van der Waals surface area contributed by atoms with Crippen molar-refractivity contribution >= 4 is 6.29 Å². The minimum Gasteiger partial charge on any atom is -0.419 e. The van der Waals surface area contributed by atoms with Crippen molar-refractivity contribution < 1.29 is 57.2 Å². The Morgan fingerprint density at radius 1 is 1.50 bits per heavy atom. The third-order valence-electron chi connectivity index (χ3n) is 0.0833. The number of rotatable bonds is 1. The monoisotopic (exact) mass is 235 g/mol. The van der Waals surface area contributed by atoms with Gasteiger partial charge in [-0.2, -0.15) is 0 Å². The molecule has 1 nitrogen and oxygen atoms in total. The molecule has 0 aliphatic heterocycles. The predicted molar refractivity (Wildman–Crippen MR) is 15.9 cm³/mol. The smallest absolute Gasteiger partial charge is 0 e. The second-order valence-electron chi connectivity index (χ2n) is 0.322. The van der Waals surface area contributed by atoms with Crippen LogP contribution in [0.1, 0.15) is 0 Å². The van der Waals surface area contributed by atoms with Crippen LogP contribution < -0.4 is 0 Å². The molecule has 0 amide bonds. The Morgan fingerprint density at radius 2 is 1.67 bits per heavy atom. The molecule has 3 heteroatoms. The van der Waals surface area contributed by atoms with Crippen molar-refractivity contribution in [3.63, 3.8) is 0 Å². The zero-order valence-corrected chi connectivity index (χ0v) is 8.11. The van der Waals surface area contributed by atoms with Gasteiger partial charge in [0.2, 0.25) is 0 Å². The normalized spacial score (nSPS) is 3.33. The molecule has 0 bridgehead atoms. The van der Waals surface area contributed by atoms with Crippen LogP contribution in [0.5, 0.6) is 0 Å². The van der Waals surface area contributed by atoms with E-state index in [9.17, 15) is 0 Å². The summed E-state index contributed by atoms with van der Waals surface area (Å²) in [5, 5.41) is 0. The van der Waals surface area contributed by atoms with Crippen LogP contribution in [0, 0.1) is 0 Å². The summed E-state index contributed by atoms with van der Waals surface area (Å²) >= 11 is 0. The molecule has 30 valence electrons. The molecule has 0 spiro atoms. The van der Waals surface area contributed by atoms with E-state index < -0.39 is 0 Å². The van der Waals surface area contributed by atoms with Gasteiger partial charge in [-0.05, 0) is 6.29 Å². The maximum atomic E-state index is 8.93. The van der Waals surface area contributed by atoms with Gasteiger partial charge in [0.25, 0.3) is 0 Å². The second kappa shape index (κ2) is 16.4. The molecule has 0 radical (unpaired) electrons. The predicted octanol–water partition coefficient (Wildman–Crippen LogP) is 0.277. The van der Waals surface area contributed by atoms with Crippen LogP contribution in [0.3, 0.4) is 0 Å². The van der Waals surface area contributed by atoms with E-state index in [1.165, 1.54) is 6.29 Å². The summed E-state index contributed by atoms with van der Waals surface area (Å²) < 4.78 is 0.